The Balaban J connectivity index is 1.90. The van der Waals surface area contributed by atoms with Gasteiger partial charge in [-0.15, -0.1) is 0 Å². The Morgan fingerprint density at radius 2 is 1.78 bits per heavy atom. The number of esters is 4. The molecule has 3 fully saturated rings. The van der Waals surface area contributed by atoms with Crippen LogP contribution in [-0.4, -0.2) is 58.0 Å². The molecular formula is C27H32O9. The maximum Gasteiger partial charge on any atom is 0.344 e. The van der Waals surface area contributed by atoms with Crippen LogP contribution < -0.4 is 0 Å². The van der Waals surface area contributed by atoms with Crippen LogP contribution in [0.3, 0.4) is 0 Å². The monoisotopic (exact) mass is 500 g/mol. The number of aliphatic hydroxyl groups is 1. The summed E-state index contributed by atoms with van der Waals surface area (Å²) in [6, 6.07) is 0. The second kappa shape index (κ2) is 6.68. The average Bonchev–Trinajstić information content (AvgIpc) is 2.94. The van der Waals surface area contributed by atoms with Crippen LogP contribution in [0.25, 0.3) is 0 Å². The molecule has 0 amide bonds. The van der Waals surface area contributed by atoms with Crippen LogP contribution in [0.2, 0.25) is 0 Å². The second-order valence-corrected chi connectivity index (χ2v) is 11.7. The number of fused-ring (bicyclic) bond motifs is 2. The van der Waals surface area contributed by atoms with Crippen LogP contribution in [0.5, 0.6) is 0 Å². The third-order valence-electron chi connectivity index (χ3n) is 9.80. The minimum absolute atomic E-state index is 0.0388. The molecule has 1 saturated carbocycles. The van der Waals surface area contributed by atoms with E-state index in [4.69, 9.17) is 18.9 Å². The molecule has 7 atom stereocenters. The van der Waals surface area contributed by atoms with E-state index in [-0.39, 0.29) is 18.4 Å². The van der Waals surface area contributed by atoms with E-state index < -0.39 is 69.1 Å². The van der Waals surface area contributed by atoms with Gasteiger partial charge < -0.3 is 24.1 Å². The number of cyclic esters (lactones) is 2. The first-order chi connectivity index (χ1) is 16.5. The first-order valence-corrected chi connectivity index (χ1v) is 12.1. The van der Waals surface area contributed by atoms with Gasteiger partial charge in [0.2, 0.25) is 5.60 Å². The van der Waals surface area contributed by atoms with Gasteiger partial charge in [-0.2, -0.15) is 0 Å². The van der Waals surface area contributed by atoms with Crippen molar-refractivity contribution in [2.45, 2.75) is 90.3 Å². The van der Waals surface area contributed by atoms with E-state index in [1.54, 1.807) is 33.8 Å². The summed E-state index contributed by atoms with van der Waals surface area (Å²) >= 11 is 0. The normalized spacial score (nSPS) is 46.6. The fraction of sp³-hybridized carbons (Fsp3) is 0.630. The lowest BCUT2D eigenvalue weighted by atomic mass is 9.38. The van der Waals surface area contributed by atoms with Gasteiger partial charge in [0.05, 0.1) is 5.41 Å². The van der Waals surface area contributed by atoms with Crippen LogP contribution in [0, 0.1) is 16.2 Å². The molecule has 2 spiro atoms. The van der Waals surface area contributed by atoms with E-state index in [1.807, 2.05) is 6.92 Å². The van der Waals surface area contributed by atoms with Gasteiger partial charge in [0, 0.05) is 24.8 Å². The number of hydrogen-bond donors (Lipinski definition) is 1. The second-order valence-electron chi connectivity index (χ2n) is 11.7. The summed E-state index contributed by atoms with van der Waals surface area (Å²) in [5.74, 6) is -2.78. The Hall–Kier alpha value is -2.94. The van der Waals surface area contributed by atoms with Crippen molar-refractivity contribution in [3.05, 3.63) is 35.5 Å². The summed E-state index contributed by atoms with van der Waals surface area (Å²) in [5, 5.41) is 12.0. The summed E-state index contributed by atoms with van der Waals surface area (Å²) in [4.78, 5) is 51.8. The van der Waals surface area contributed by atoms with Crippen molar-refractivity contribution in [1.29, 1.82) is 0 Å². The minimum atomic E-state index is -2.34. The minimum Gasteiger partial charge on any atom is -0.461 e. The SMILES string of the molecule is C=C1[C@]23C(=O)O[C@@H](C)[C@]2(O)C(=O)O[C@@]1(C)CC1=C(C)[C@@]2(C=CC(=O)OC2(C)C)[C@@H](OC(C)=O)C[C@]13C. The first-order valence-electron chi connectivity index (χ1n) is 12.1. The Bertz CT molecular complexity index is 1230. The Morgan fingerprint density at radius 1 is 1.14 bits per heavy atom. The van der Waals surface area contributed by atoms with Crippen LogP contribution in [-0.2, 0) is 38.1 Å². The lowest BCUT2D eigenvalue weighted by molar-refractivity contribution is -0.233. The smallest absolute Gasteiger partial charge is 0.344 e. The molecule has 3 aliphatic heterocycles. The molecule has 2 aliphatic carbocycles. The molecule has 1 N–H and O–H groups in total. The molecule has 9 heteroatoms. The Labute approximate surface area is 209 Å². The van der Waals surface area contributed by atoms with Gasteiger partial charge in [-0.3, -0.25) is 9.59 Å². The average molecular weight is 501 g/mol. The van der Waals surface area contributed by atoms with Crippen LogP contribution >= 0.6 is 0 Å². The predicted molar refractivity (Wildman–Crippen MR) is 124 cm³/mol. The van der Waals surface area contributed by atoms with Crippen molar-refractivity contribution in [3.8, 4) is 0 Å². The predicted octanol–water partition coefficient (Wildman–Crippen LogP) is 2.46. The molecule has 194 valence electrons. The van der Waals surface area contributed by atoms with Crippen molar-refractivity contribution < 1.29 is 43.2 Å². The van der Waals surface area contributed by atoms with E-state index in [2.05, 4.69) is 6.58 Å². The lowest BCUT2D eigenvalue weighted by Crippen LogP contribution is -2.76. The van der Waals surface area contributed by atoms with E-state index in [0.717, 1.165) is 5.57 Å². The maximum atomic E-state index is 13.8. The summed E-state index contributed by atoms with van der Waals surface area (Å²) in [5.41, 5.74) is -7.23. The zero-order chi connectivity index (χ0) is 26.9. The van der Waals surface area contributed by atoms with Gasteiger partial charge in [0.25, 0.3) is 0 Å². The van der Waals surface area contributed by atoms with E-state index in [1.165, 1.54) is 19.9 Å². The number of carbonyl (C=O) groups excluding carboxylic acids is 4. The topological polar surface area (TPSA) is 125 Å². The fourth-order valence-electron chi connectivity index (χ4n) is 8.11. The molecule has 0 unspecified atom stereocenters. The van der Waals surface area contributed by atoms with Gasteiger partial charge in [-0.05, 0) is 46.6 Å². The molecule has 5 aliphatic rings. The van der Waals surface area contributed by atoms with Crippen molar-refractivity contribution in [2.75, 3.05) is 0 Å². The highest BCUT2D eigenvalue weighted by Crippen LogP contribution is 2.75. The number of rotatable bonds is 1. The van der Waals surface area contributed by atoms with Crippen LogP contribution in [0.1, 0.15) is 61.3 Å². The number of ether oxygens (including phenoxy) is 4. The summed E-state index contributed by atoms with van der Waals surface area (Å²) < 4.78 is 23.1. The van der Waals surface area contributed by atoms with E-state index in [9.17, 15) is 24.3 Å². The quantitative estimate of drug-likeness (QED) is 0.328. The lowest BCUT2D eigenvalue weighted by Gasteiger charge is -2.67. The Morgan fingerprint density at radius 3 is 2.36 bits per heavy atom. The zero-order valence-electron chi connectivity index (χ0n) is 21.6. The van der Waals surface area contributed by atoms with Gasteiger partial charge >= 0.3 is 23.9 Å². The summed E-state index contributed by atoms with van der Waals surface area (Å²) in [6.45, 7) is 15.8. The Kier molecular flexibility index (Phi) is 4.59. The van der Waals surface area contributed by atoms with Gasteiger partial charge in [-0.25, -0.2) is 9.59 Å². The zero-order valence-corrected chi connectivity index (χ0v) is 21.6. The molecule has 0 radical (unpaired) electrons. The van der Waals surface area contributed by atoms with Crippen molar-refractivity contribution in [3.63, 3.8) is 0 Å². The summed E-state index contributed by atoms with van der Waals surface area (Å²) in [7, 11) is 0. The molecule has 0 aromatic carbocycles. The van der Waals surface area contributed by atoms with Crippen molar-refractivity contribution in [2.24, 2.45) is 16.2 Å². The third kappa shape index (κ3) is 2.32. The molecule has 36 heavy (non-hydrogen) atoms. The van der Waals surface area contributed by atoms with Crippen molar-refractivity contribution >= 4 is 23.9 Å². The van der Waals surface area contributed by atoms with Gasteiger partial charge in [0.1, 0.15) is 28.8 Å². The molecule has 2 saturated heterocycles. The van der Waals surface area contributed by atoms with Gasteiger partial charge in [0.15, 0.2) is 0 Å². The van der Waals surface area contributed by atoms with Crippen LogP contribution in [0.15, 0.2) is 35.5 Å². The highest BCUT2D eigenvalue weighted by atomic mass is 16.6. The highest BCUT2D eigenvalue weighted by molar-refractivity contribution is 6.01. The maximum absolute atomic E-state index is 13.8. The fourth-order valence-corrected chi connectivity index (χ4v) is 8.11. The van der Waals surface area contributed by atoms with E-state index >= 15 is 0 Å². The molecule has 3 heterocycles. The standard InChI is InChI=1S/C27H32O9/c1-13-17-11-24(8)14(2)26(20(30)33-15(3)27(26,32)21(31)36-24)23(17,7)12-18(34-16(4)28)25(13)10-9-19(29)35-22(25,5)6/h9-10,15,18,32H,2,11-12H2,1,3-8H3/t15-,18-,23+,24-,25-,26+,27-/m0/s1. The van der Waals surface area contributed by atoms with Gasteiger partial charge in [-0.1, -0.05) is 30.7 Å². The molecule has 9 nitrogen and oxygen atoms in total. The van der Waals surface area contributed by atoms with E-state index in [0.29, 0.717) is 5.57 Å². The molecule has 2 bridgehead atoms. The molecule has 5 rings (SSSR count). The molecule has 0 aromatic heterocycles. The third-order valence-corrected chi connectivity index (χ3v) is 9.80. The number of carbonyl (C=O) groups is 4. The summed E-state index contributed by atoms with van der Waals surface area (Å²) in [6.07, 6.45) is 1.18. The molecule has 0 aromatic rings. The van der Waals surface area contributed by atoms with Crippen LogP contribution in [0.4, 0.5) is 0 Å². The van der Waals surface area contributed by atoms with Crippen molar-refractivity contribution in [1.82, 2.24) is 0 Å². The largest absolute Gasteiger partial charge is 0.461 e. The number of hydrogen-bond acceptors (Lipinski definition) is 9. The molecular weight excluding hydrogens is 468 g/mol. The first kappa shape index (κ1) is 24.7. The highest BCUT2D eigenvalue weighted by Gasteiger charge is 2.86.